The van der Waals surface area contributed by atoms with Crippen molar-refractivity contribution in [1.29, 1.82) is 5.26 Å². The van der Waals surface area contributed by atoms with Gasteiger partial charge in [0.05, 0.1) is 18.4 Å². The van der Waals surface area contributed by atoms with E-state index >= 15 is 0 Å². The molecule has 28 heavy (non-hydrogen) atoms. The molecule has 1 aromatic heterocycles. The van der Waals surface area contributed by atoms with Crippen molar-refractivity contribution in [2.45, 2.75) is 37.6 Å². The summed E-state index contributed by atoms with van der Waals surface area (Å²) in [6, 6.07) is 7.85. The fraction of sp³-hybridized carbons (Fsp3) is 0.368. The van der Waals surface area contributed by atoms with E-state index in [1.165, 1.54) is 30.8 Å². The van der Waals surface area contributed by atoms with Crippen LogP contribution in [-0.4, -0.2) is 39.0 Å². The number of hydrogen-bond acceptors (Lipinski definition) is 7. The molecule has 1 aliphatic rings. The van der Waals surface area contributed by atoms with E-state index in [0.29, 0.717) is 24.1 Å². The summed E-state index contributed by atoms with van der Waals surface area (Å²) in [5.41, 5.74) is 6.47. The van der Waals surface area contributed by atoms with Gasteiger partial charge in [0.2, 0.25) is 0 Å². The van der Waals surface area contributed by atoms with E-state index in [9.17, 15) is 9.18 Å². The molecule has 1 aromatic carbocycles. The molecule has 0 saturated carbocycles. The summed E-state index contributed by atoms with van der Waals surface area (Å²) in [4.78, 5) is 12.3. The number of benzene rings is 1. The van der Waals surface area contributed by atoms with Crippen LogP contribution in [0.3, 0.4) is 0 Å². The molecule has 0 amide bonds. The molecular weight excluding hydrogens is 381 g/mol. The molecule has 0 aliphatic carbocycles. The summed E-state index contributed by atoms with van der Waals surface area (Å²) in [5.74, 6) is -0.0917. The van der Waals surface area contributed by atoms with Crippen molar-refractivity contribution in [3.05, 3.63) is 41.4 Å². The number of halogens is 1. The second kappa shape index (κ2) is 8.99. The van der Waals surface area contributed by atoms with Gasteiger partial charge in [-0.25, -0.2) is 4.39 Å². The van der Waals surface area contributed by atoms with Crippen LogP contribution in [0.25, 0.3) is 11.4 Å². The quantitative estimate of drug-likeness (QED) is 0.432. The molecule has 7 nitrogen and oxygen atoms in total. The predicted molar refractivity (Wildman–Crippen MR) is 103 cm³/mol. The summed E-state index contributed by atoms with van der Waals surface area (Å²) >= 11 is 1.19. The number of thioether (sulfide) groups is 1. The summed E-state index contributed by atoms with van der Waals surface area (Å²) in [7, 11) is 0. The average Bonchev–Trinajstić information content (AvgIpc) is 3.31. The molecule has 146 valence electrons. The first-order valence-electron chi connectivity index (χ1n) is 8.82. The Balaban J connectivity index is 1.86. The summed E-state index contributed by atoms with van der Waals surface area (Å²) in [6.07, 6.45) is 1.95. The molecule has 0 bridgehead atoms. The van der Waals surface area contributed by atoms with E-state index < -0.39 is 0 Å². The lowest BCUT2D eigenvalue weighted by molar-refractivity contribution is -0.112. The van der Waals surface area contributed by atoms with E-state index in [0.717, 1.165) is 18.4 Å². The third kappa shape index (κ3) is 4.58. The Labute approximate surface area is 166 Å². The largest absolute Gasteiger partial charge is 0.401 e. The number of rotatable bonds is 7. The molecule has 0 radical (unpaired) electrons. The van der Waals surface area contributed by atoms with E-state index in [-0.39, 0.29) is 34.7 Å². The van der Waals surface area contributed by atoms with Gasteiger partial charge in [-0.05, 0) is 44.0 Å². The van der Waals surface area contributed by atoms with Crippen molar-refractivity contribution in [3.63, 3.8) is 0 Å². The lowest BCUT2D eigenvalue weighted by Crippen LogP contribution is -2.17. The van der Waals surface area contributed by atoms with Crippen LogP contribution >= 0.6 is 11.8 Å². The number of ether oxygens (including phenoxy) is 1. The molecule has 1 atom stereocenters. The molecule has 2 N–H and O–H groups in total. The summed E-state index contributed by atoms with van der Waals surface area (Å²) in [5, 5.41) is 18.1. The third-order valence-corrected chi connectivity index (χ3v) is 5.31. The summed E-state index contributed by atoms with van der Waals surface area (Å²) < 4.78 is 20.9. The van der Waals surface area contributed by atoms with Crippen molar-refractivity contribution in [2.75, 3.05) is 12.4 Å². The number of carbonyl (C=O) groups is 1. The molecule has 0 spiro atoms. The minimum absolute atomic E-state index is 0.0184. The van der Waals surface area contributed by atoms with Gasteiger partial charge in [0.1, 0.15) is 17.5 Å². The zero-order valence-electron chi connectivity index (χ0n) is 15.4. The third-order valence-electron chi connectivity index (χ3n) is 4.35. The van der Waals surface area contributed by atoms with Gasteiger partial charge in [0.15, 0.2) is 16.8 Å². The van der Waals surface area contributed by atoms with Crippen LogP contribution in [0, 0.1) is 17.1 Å². The monoisotopic (exact) mass is 401 g/mol. The van der Waals surface area contributed by atoms with Crippen molar-refractivity contribution < 1.29 is 13.9 Å². The number of nitrogens with two attached hydrogens (primary N) is 1. The Hall–Kier alpha value is -2.70. The zero-order valence-corrected chi connectivity index (χ0v) is 16.2. The normalized spacial score (nSPS) is 17.2. The van der Waals surface area contributed by atoms with E-state index in [1.807, 2.05) is 10.6 Å². The van der Waals surface area contributed by atoms with Gasteiger partial charge in [-0.2, -0.15) is 5.26 Å². The Morgan fingerprint density at radius 1 is 1.43 bits per heavy atom. The van der Waals surface area contributed by atoms with Crippen LogP contribution in [0.2, 0.25) is 0 Å². The number of aromatic nitrogens is 3. The fourth-order valence-electron chi connectivity index (χ4n) is 2.94. The van der Waals surface area contributed by atoms with Crippen LogP contribution in [0.1, 0.15) is 19.8 Å². The average molecular weight is 401 g/mol. The first kappa shape index (κ1) is 20.0. The minimum Gasteiger partial charge on any atom is -0.401 e. The Morgan fingerprint density at radius 3 is 2.79 bits per heavy atom. The second-order valence-corrected chi connectivity index (χ2v) is 7.38. The number of nitrogens with zero attached hydrogens (tertiary/aromatic N) is 4. The first-order valence-corrected chi connectivity index (χ1v) is 9.81. The SMILES string of the molecule is CC(N)=C(C#N)C(=O)CSc1nnc(-c2ccc(F)cc2)n1CC1CCCO1. The van der Waals surface area contributed by atoms with Gasteiger partial charge in [0, 0.05) is 17.9 Å². The molecule has 1 fully saturated rings. The number of allylic oxidation sites excluding steroid dienone is 2. The maximum absolute atomic E-state index is 13.3. The highest BCUT2D eigenvalue weighted by Gasteiger charge is 2.23. The van der Waals surface area contributed by atoms with Gasteiger partial charge < -0.3 is 10.5 Å². The number of ketones is 1. The topological polar surface area (TPSA) is 107 Å². The van der Waals surface area contributed by atoms with Crippen molar-refractivity contribution in [2.24, 2.45) is 5.73 Å². The van der Waals surface area contributed by atoms with E-state index in [1.54, 1.807) is 12.1 Å². The van der Waals surface area contributed by atoms with Crippen LogP contribution in [0.5, 0.6) is 0 Å². The predicted octanol–water partition coefficient (Wildman–Crippen LogP) is 2.68. The molecule has 1 unspecified atom stereocenters. The fourth-order valence-corrected chi connectivity index (χ4v) is 3.76. The lowest BCUT2D eigenvalue weighted by Gasteiger charge is -2.14. The standard InChI is InChI=1S/C19H20FN5O2S/c1-12(22)16(9-21)17(26)11-28-19-24-23-18(13-4-6-14(20)7-5-13)25(19)10-15-3-2-8-27-15/h4-7,15H,2-3,8,10-11,22H2,1H3. The van der Waals surface area contributed by atoms with Crippen molar-refractivity contribution in [1.82, 2.24) is 14.8 Å². The minimum atomic E-state index is -0.359. The molecule has 2 aromatic rings. The van der Waals surface area contributed by atoms with Crippen molar-refractivity contribution in [3.8, 4) is 17.5 Å². The molecule has 2 heterocycles. The number of carbonyl (C=O) groups excluding carboxylic acids is 1. The highest BCUT2D eigenvalue weighted by Crippen LogP contribution is 2.27. The maximum atomic E-state index is 13.3. The molecule has 3 rings (SSSR count). The zero-order chi connectivity index (χ0) is 20.1. The Kier molecular flexibility index (Phi) is 6.44. The van der Waals surface area contributed by atoms with Gasteiger partial charge in [-0.3, -0.25) is 9.36 Å². The maximum Gasteiger partial charge on any atom is 0.192 e. The Morgan fingerprint density at radius 2 is 2.18 bits per heavy atom. The highest BCUT2D eigenvalue weighted by molar-refractivity contribution is 7.99. The van der Waals surface area contributed by atoms with Gasteiger partial charge in [-0.1, -0.05) is 11.8 Å². The number of hydrogen-bond donors (Lipinski definition) is 1. The summed E-state index contributed by atoms with van der Waals surface area (Å²) in [6.45, 7) is 2.77. The van der Waals surface area contributed by atoms with Gasteiger partial charge in [0.25, 0.3) is 0 Å². The molecular formula is C19H20FN5O2S. The molecule has 1 saturated heterocycles. The smallest absolute Gasteiger partial charge is 0.192 e. The molecule has 9 heteroatoms. The van der Waals surface area contributed by atoms with E-state index in [4.69, 9.17) is 15.7 Å². The lowest BCUT2D eigenvalue weighted by atomic mass is 10.2. The van der Waals surface area contributed by atoms with Crippen molar-refractivity contribution >= 4 is 17.5 Å². The second-order valence-electron chi connectivity index (χ2n) is 6.44. The van der Waals surface area contributed by atoms with Crippen LogP contribution in [-0.2, 0) is 16.1 Å². The Bertz CT molecular complexity index is 923. The van der Waals surface area contributed by atoms with Gasteiger partial charge in [-0.15, -0.1) is 10.2 Å². The number of Topliss-reactive ketones (excluding diaryl/α,β-unsaturated/α-hetero) is 1. The van der Waals surface area contributed by atoms with E-state index in [2.05, 4.69) is 10.2 Å². The first-order chi connectivity index (χ1) is 13.5. The molecule has 1 aliphatic heterocycles. The van der Waals surface area contributed by atoms with Gasteiger partial charge >= 0.3 is 0 Å². The number of nitriles is 1. The van der Waals surface area contributed by atoms with Crippen LogP contribution in [0.4, 0.5) is 4.39 Å². The van der Waals surface area contributed by atoms with Crippen LogP contribution in [0.15, 0.2) is 40.7 Å². The van der Waals surface area contributed by atoms with Crippen LogP contribution < -0.4 is 5.73 Å². The highest BCUT2D eigenvalue weighted by atomic mass is 32.2.